The van der Waals surface area contributed by atoms with E-state index in [2.05, 4.69) is 16.9 Å². The Kier molecular flexibility index (Phi) is 21.4. The number of aliphatic hydroxyl groups excluding tert-OH is 1. The zero-order valence-corrected chi connectivity index (χ0v) is 29.7. The Morgan fingerprint density at radius 1 is 1.08 bits per heavy atom. The molecule has 1 aliphatic heterocycles. The summed E-state index contributed by atoms with van der Waals surface area (Å²) < 4.78 is 39.4. The molecule has 0 spiro atoms. The summed E-state index contributed by atoms with van der Waals surface area (Å²) in [6, 6.07) is 4.42. The van der Waals surface area contributed by atoms with Gasteiger partial charge in [0.05, 0.1) is 50.1 Å². The number of aromatic nitrogens is 2. The number of halogens is 2. The van der Waals surface area contributed by atoms with Gasteiger partial charge < -0.3 is 25.2 Å². The number of alkyl halides is 2. The lowest BCUT2D eigenvalue weighted by atomic mass is 9.89. The quantitative estimate of drug-likeness (QED) is 0.227. The van der Waals surface area contributed by atoms with Crippen molar-refractivity contribution in [1.82, 2.24) is 14.9 Å². The number of Topliss-reactive ketones (excluding diaryl/α,β-unsaturated/α-hetero) is 1. The average Bonchev–Trinajstić information content (AvgIpc) is 3.66. The molecule has 0 bridgehead atoms. The molecule has 4 unspecified atom stereocenters. The number of ketones is 1. The summed E-state index contributed by atoms with van der Waals surface area (Å²) in [5.74, 6) is 1.65. The van der Waals surface area contributed by atoms with Crippen LogP contribution in [0, 0.1) is 23.7 Å². The van der Waals surface area contributed by atoms with Crippen LogP contribution in [0.5, 0.6) is 11.6 Å². The number of carbonyl (C=O) groups excluding carboxylic acids is 2. The van der Waals surface area contributed by atoms with Crippen molar-refractivity contribution in [3.05, 3.63) is 23.9 Å². The lowest BCUT2D eigenvalue weighted by molar-refractivity contribution is -0.138. The van der Waals surface area contributed by atoms with Crippen molar-refractivity contribution in [3.8, 4) is 11.6 Å². The third-order valence-corrected chi connectivity index (χ3v) is 9.50. The second-order valence-corrected chi connectivity index (χ2v) is 13.3. The number of carbonyl (C=O) groups is 2. The van der Waals surface area contributed by atoms with E-state index in [1.807, 2.05) is 13.8 Å². The first-order valence-corrected chi connectivity index (χ1v) is 17.1. The molecule has 284 valence electrons. The molecule has 11 heteroatoms. The fourth-order valence-electron chi connectivity index (χ4n) is 6.38. The van der Waals surface area contributed by atoms with Crippen LogP contribution in [0.1, 0.15) is 121 Å². The van der Waals surface area contributed by atoms with Crippen LogP contribution in [0.4, 0.5) is 8.78 Å². The minimum Gasteiger partial charge on any atom is -0.497 e. The first-order chi connectivity index (χ1) is 22.3. The Morgan fingerprint density at radius 2 is 1.73 bits per heavy atom. The predicted molar refractivity (Wildman–Crippen MR) is 197 cm³/mol. The Morgan fingerprint density at radius 3 is 2.22 bits per heavy atom. The van der Waals surface area contributed by atoms with Gasteiger partial charge in [-0.1, -0.05) is 67.7 Å². The lowest BCUT2D eigenvalue weighted by Gasteiger charge is -2.26. The average molecular weight is 699 g/mol. The minimum absolute atomic E-state index is 0. The number of methoxy groups -OCH3 is 2. The molecule has 4 rings (SSSR count). The summed E-state index contributed by atoms with van der Waals surface area (Å²) >= 11 is 0. The minimum atomic E-state index is -1.54. The molecule has 2 heterocycles. The summed E-state index contributed by atoms with van der Waals surface area (Å²) in [6.45, 7) is 11.1. The van der Waals surface area contributed by atoms with Crippen LogP contribution in [-0.4, -0.2) is 77.3 Å². The fourth-order valence-corrected chi connectivity index (χ4v) is 6.38. The van der Waals surface area contributed by atoms with Crippen molar-refractivity contribution in [1.29, 1.82) is 0 Å². The number of rotatable bonds is 12. The van der Waals surface area contributed by atoms with E-state index in [9.17, 15) is 14.0 Å². The number of likely N-dealkylation sites (tertiary alicyclic amines) is 1. The van der Waals surface area contributed by atoms with Gasteiger partial charge in [0.2, 0.25) is 11.8 Å². The van der Waals surface area contributed by atoms with Gasteiger partial charge in [-0.15, -0.1) is 0 Å². The lowest BCUT2D eigenvalue weighted by Crippen LogP contribution is -2.48. The summed E-state index contributed by atoms with van der Waals surface area (Å²) in [6.07, 6.45) is 6.28. The first kappa shape index (κ1) is 46.1. The van der Waals surface area contributed by atoms with E-state index >= 15 is 4.39 Å². The number of aliphatic hydroxyl groups is 1. The molecule has 8 atom stereocenters. The number of hydrogen-bond donors (Lipinski definition) is 2. The van der Waals surface area contributed by atoms with Gasteiger partial charge >= 0.3 is 0 Å². The smallest absolute Gasteiger partial charge is 0.239 e. The number of nitrogens with zero attached hydrogens (tertiary/aromatic N) is 3. The number of amides is 1. The van der Waals surface area contributed by atoms with Crippen molar-refractivity contribution in [3.63, 3.8) is 0 Å². The van der Waals surface area contributed by atoms with E-state index in [1.165, 1.54) is 33.3 Å². The number of benzene rings is 1. The van der Waals surface area contributed by atoms with E-state index in [-0.39, 0.29) is 57.6 Å². The van der Waals surface area contributed by atoms with Gasteiger partial charge in [-0.05, 0) is 69.9 Å². The number of hydrogen-bond acceptors (Lipinski definition) is 8. The molecular weight excluding hydrogens is 630 g/mol. The van der Waals surface area contributed by atoms with Crippen LogP contribution < -0.4 is 15.2 Å². The summed E-state index contributed by atoms with van der Waals surface area (Å²) in [7, 11) is 2.99. The Labute approximate surface area is 296 Å². The van der Waals surface area contributed by atoms with E-state index in [0.717, 1.165) is 31.6 Å². The molecule has 1 saturated heterocycles. The molecule has 3 N–H and O–H groups in total. The second kappa shape index (κ2) is 22.7. The standard InChI is InChI=1S/C22H30F2N2O2.C10H18N2O2.C4H10O.2CH4.H2/c1-14-6-4-7-15(14)8-5-9-16(13-23)20(24)21-22(28-3)26-19-12-17(27-2)10-11-18(19)25-21;1-6-4-5-12(9(6)8(3)13)10(14)7(2)11;1-3-4(2)5;;;/h10-12,14-16,20H,4-9,13H2,1-3H3;6-7,9H,4-5,11H2,1-3H3;4-5H,3H2,1-2H3;2*1H4;1H/t14?,15-,16?,20?;6-,7+,9+;;;;/m01..../s1. The molecule has 1 aromatic carbocycles. The third-order valence-electron chi connectivity index (χ3n) is 9.50. The van der Waals surface area contributed by atoms with Crippen LogP contribution in [0.2, 0.25) is 0 Å². The van der Waals surface area contributed by atoms with E-state index in [0.29, 0.717) is 35.7 Å². The highest BCUT2D eigenvalue weighted by Crippen LogP contribution is 2.38. The van der Waals surface area contributed by atoms with Crippen molar-refractivity contribution in [2.75, 3.05) is 27.4 Å². The summed E-state index contributed by atoms with van der Waals surface area (Å²) in [5.41, 5.74) is 6.70. The Bertz CT molecular complexity index is 1270. The zero-order chi connectivity index (χ0) is 35.3. The van der Waals surface area contributed by atoms with Crippen molar-refractivity contribution >= 4 is 22.7 Å². The van der Waals surface area contributed by atoms with E-state index in [1.54, 1.807) is 44.1 Å². The Balaban J connectivity index is 0. The van der Waals surface area contributed by atoms with Crippen molar-refractivity contribution in [2.24, 2.45) is 29.4 Å². The molecule has 49 heavy (non-hydrogen) atoms. The second-order valence-electron chi connectivity index (χ2n) is 13.3. The van der Waals surface area contributed by atoms with Gasteiger partial charge in [-0.2, -0.15) is 0 Å². The van der Waals surface area contributed by atoms with Gasteiger partial charge in [0.25, 0.3) is 0 Å². The maximum absolute atomic E-state index is 15.3. The summed E-state index contributed by atoms with van der Waals surface area (Å²) in [4.78, 5) is 33.4. The van der Waals surface area contributed by atoms with Gasteiger partial charge in [0.15, 0.2) is 12.0 Å². The van der Waals surface area contributed by atoms with Crippen LogP contribution in [0.25, 0.3) is 11.0 Å². The van der Waals surface area contributed by atoms with E-state index in [4.69, 9.17) is 20.3 Å². The number of nitrogens with two attached hydrogens (primary N) is 1. The molecule has 2 fully saturated rings. The highest BCUT2D eigenvalue weighted by Gasteiger charge is 2.38. The number of fused-ring (bicyclic) bond motifs is 1. The third kappa shape index (κ3) is 13.4. The molecule has 1 aliphatic carbocycles. The van der Waals surface area contributed by atoms with Crippen LogP contribution in [0.3, 0.4) is 0 Å². The highest BCUT2D eigenvalue weighted by atomic mass is 19.1. The first-order valence-electron chi connectivity index (χ1n) is 17.1. The highest BCUT2D eigenvalue weighted by molar-refractivity contribution is 5.90. The molecule has 0 radical (unpaired) electrons. The summed E-state index contributed by atoms with van der Waals surface area (Å²) in [5, 5.41) is 8.36. The zero-order valence-electron chi connectivity index (χ0n) is 29.7. The van der Waals surface area contributed by atoms with Gasteiger partial charge in [0.1, 0.15) is 11.4 Å². The maximum Gasteiger partial charge on any atom is 0.239 e. The molecule has 1 amide bonds. The predicted octanol–water partition coefficient (Wildman–Crippen LogP) is 8.30. The van der Waals surface area contributed by atoms with Gasteiger partial charge in [-0.25, -0.2) is 14.4 Å². The SMILES string of the molecule is C.C.CC(=O)[C@@H]1[C@H](C)CCN1C(=O)[C@H](C)N.CCC(C)O.COc1ccc2nc(C(F)C(CF)CCC[C@@H]3CCCC3C)c(OC)nc2c1.[HH]. The fraction of sp³-hybridized carbons (Fsp3) is 0.737. The molecule has 1 aromatic heterocycles. The molecular formula is C38H68F2N4O5. The molecule has 9 nitrogen and oxygen atoms in total. The van der Waals surface area contributed by atoms with Gasteiger partial charge in [0, 0.05) is 20.0 Å². The van der Waals surface area contributed by atoms with Crippen LogP contribution in [0.15, 0.2) is 18.2 Å². The number of ether oxygens (including phenoxy) is 2. The van der Waals surface area contributed by atoms with Crippen molar-refractivity contribution in [2.45, 2.75) is 132 Å². The van der Waals surface area contributed by atoms with Crippen molar-refractivity contribution < 1.29 is 34.4 Å². The normalized spacial score (nSPS) is 22.2. The van der Waals surface area contributed by atoms with Crippen LogP contribution in [-0.2, 0) is 9.59 Å². The molecule has 1 saturated carbocycles. The monoisotopic (exact) mass is 699 g/mol. The molecule has 2 aromatic rings. The Hall–Kier alpha value is -2.92. The van der Waals surface area contributed by atoms with Crippen LogP contribution >= 0.6 is 0 Å². The van der Waals surface area contributed by atoms with Gasteiger partial charge in [-0.3, -0.25) is 14.0 Å². The van der Waals surface area contributed by atoms with E-state index < -0.39 is 24.8 Å². The topological polar surface area (TPSA) is 128 Å². The maximum atomic E-state index is 15.3. The molecule has 2 aliphatic rings. The largest absolute Gasteiger partial charge is 0.497 e.